The summed E-state index contributed by atoms with van der Waals surface area (Å²) in [6, 6.07) is 1.61. The lowest BCUT2D eigenvalue weighted by Crippen LogP contribution is -2.15. The van der Waals surface area contributed by atoms with Crippen molar-refractivity contribution >= 4 is 22.7 Å². The van der Waals surface area contributed by atoms with Gasteiger partial charge in [-0.3, -0.25) is 9.59 Å². The van der Waals surface area contributed by atoms with Crippen LogP contribution in [0.25, 0.3) is 16.1 Å². The maximum atomic E-state index is 12.3. The van der Waals surface area contributed by atoms with Crippen molar-refractivity contribution in [1.29, 1.82) is 0 Å². The molecule has 0 aliphatic carbocycles. The zero-order chi connectivity index (χ0) is 32.8. The van der Waals surface area contributed by atoms with E-state index in [9.17, 15) is 9.59 Å². The Labute approximate surface area is 266 Å². The number of nitrogens with zero attached hydrogens (tertiary/aromatic N) is 1. The molecule has 1 unspecified atom stereocenters. The normalized spacial score (nSPS) is 12.7. The number of allylic oxidation sites excluding steroid dienone is 7. The van der Waals surface area contributed by atoms with Crippen molar-refractivity contribution in [3.63, 3.8) is 0 Å². The third-order valence-electron chi connectivity index (χ3n) is 6.42. The number of Topliss-reactive ketones (excluding diaryl/α,β-unsaturated/α-hetero) is 1. The summed E-state index contributed by atoms with van der Waals surface area (Å²) in [5.41, 5.74) is 4.85. The van der Waals surface area contributed by atoms with Crippen molar-refractivity contribution in [3.8, 4) is 10.6 Å². The second-order valence-corrected chi connectivity index (χ2v) is 11.9. The number of ketones is 1. The molecule has 0 aliphatic heterocycles. The van der Waals surface area contributed by atoms with Gasteiger partial charge >= 0.3 is 0 Å². The summed E-state index contributed by atoms with van der Waals surface area (Å²) < 4.78 is 5.74. The number of ether oxygens (including phenoxy) is 1. The molecule has 2 heterocycles. The molecule has 0 aromatic carbocycles. The van der Waals surface area contributed by atoms with Crippen molar-refractivity contribution in [1.82, 2.24) is 9.97 Å². The smallest absolute Gasteiger partial charge is 0.258 e. The Bertz CT molecular complexity index is 1230. The first kappa shape index (κ1) is 40.2. The zero-order valence-electron chi connectivity index (χ0n) is 28.6. The van der Waals surface area contributed by atoms with Gasteiger partial charge < -0.3 is 9.72 Å². The lowest BCUT2D eigenvalue weighted by molar-refractivity contribution is 0.0351. The van der Waals surface area contributed by atoms with Gasteiger partial charge in [-0.15, -0.1) is 11.3 Å². The molecule has 2 aromatic heterocycles. The quantitative estimate of drug-likeness (QED) is 0.124. The van der Waals surface area contributed by atoms with Crippen LogP contribution in [0.1, 0.15) is 130 Å². The fraction of sp³-hybridized carbons (Fsp3) is 0.541. The van der Waals surface area contributed by atoms with E-state index in [4.69, 9.17) is 9.72 Å². The average Bonchev–Trinajstić information content (AvgIpc) is 3.45. The summed E-state index contributed by atoms with van der Waals surface area (Å²) in [5.74, 6) is 0.662. The summed E-state index contributed by atoms with van der Waals surface area (Å²) >= 11 is 1.40. The maximum absolute atomic E-state index is 12.3. The molecule has 1 N–H and O–H groups in total. The number of nitrogens with one attached hydrogen (secondary N) is 1. The highest BCUT2D eigenvalue weighted by Gasteiger charge is 2.15. The van der Waals surface area contributed by atoms with Gasteiger partial charge in [0.1, 0.15) is 5.01 Å². The highest BCUT2D eigenvalue weighted by atomic mass is 32.1. The molecule has 0 saturated heterocycles. The molecule has 2 aromatic rings. The van der Waals surface area contributed by atoms with Crippen molar-refractivity contribution in [2.75, 3.05) is 6.61 Å². The van der Waals surface area contributed by atoms with Crippen molar-refractivity contribution in [2.24, 2.45) is 5.92 Å². The zero-order valence-corrected chi connectivity index (χ0v) is 29.5. The van der Waals surface area contributed by atoms with E-state index in [0.29, 0.717) is 22.2 Å². The number of hydrogen-bond donors (Lipinski definition) is 1. The Morgan fingerprint density at radius 1 is 1.14 bits per heavy atom. The number of rotatable bonds is 15. The molecule has 0 amide bonds. The number of aromatic nitrogens is 2. The van der Waals surface area contributed by atoms with E-state index in [1.54, 1.807) is 12.1 Å². The molecule has 240 valence electrons. The first-order chi connectivity index (χ1) is 20.5. The van der Waals surface area contributed by atoms with Crippen LogP contribution in [0.2, 0.25) is 0 Å². The highest BCUT2D eigenvalue weighted by molar-refractivity contribution is 7.13. The molecule has 1 atom stereocenters. The molecule has 0 fully saturated rings. The molecular formula is C37H58N2O3S. The van der Waals surface area contributed by atoms with Gasteiger partial charge in [0.2, 0.25) is 0 Å². The SMILES string of the molecule is C=C\C=C/C(=C(\C)CCC)C(=C\C)/c1csc(-c2cc(C(C)=O)c[nH]c2=O)n1.CCC.CCCCOC(CC)CC(C)C. The van der Waals surface area contributed by atoms with E-state index in [-0.39, 0.29) is 11.3 Å². The van der Waals surface area contributed by atoms with Gasteiger partial charge in [0, 0.05) is 29.3 Å². The van der Waals surface area contributed by atoms with Crippen LogP contribution in [-0.2, 0) is 4.74 Å². The molecule has 0 saturated carbocycles. The minimum Gasteiger partial charge on any atom is -0.378 e. The lowest BCUT2D eigenvalue weighted by Gasteiger charge is -2.17. The fourth-order valence-corrected chi connectivity index (χ4v) is 5.05. The van der Waals surface area contributed by atoms with Gasteiger partial charge in [-0.2, -0.15) is 0 Å². The van der Waals surface area contributed by atoms with Crippen LogP contribution >= 0.6 is 11.3 Å². The van der Waals surface area contributed by atoms with E-state index >= 15 is 0 Å². The molecule has 0 aliphatic rings. The highest BCUT2D eigenvalue weighted by Crippen LogP contribution is 2.32. The second-order valence-electron chi connectivity index (χ2n) is 11.1. The summed E-state index contributed by atoms with van der Waals surface area (Å²) in [4.78, 5) is 31.3. The third kappa shape index (κ3) is 15.5. The van der Waals surface area contributed by atoms with Crippen LogP contribution in [0, 0.1) is 5.92 Å². The summed E-state index contributed by atoms with van der Waals surface area (Å²) in [5, 5.41) is 2.55. The van der Waals surface area contributed by atoms with Gasteiger partial charge in [0.25, 0.3) is 5.56 Å². The Hall–Kier alpha value is -2.83. The van der Waals surface area contributed by atoms with Gasteiger partial charge in [-0.25, -0.2) is 4.98 Å². The Balaban J connectivity index is 0.000000982. The minimum absolute atomic E-state index is 0.0987. The number of thiazole rings is 1. The minimum atomic E-state index is -0.252. The first-order valence-electron chi connectivity index (χ1n) is 16.0. The number of aromatic amines is 1. The lowest BCUT2D eigenvalue weighted by atomic mass is 9.95. The Morgan fingerprint density at radius 3 is 2.33 bits per heavy atom. The first-order valence-corrected chi connectivity index (χ1v) is 16.9. The molecule has 43 heavy (non-hydrogen) atoms. The van der Waals surface area contributed by atoms with Crippen LogP contribution in [0.3, 0.4) is 0 Å². The van der Waals surface area contributed by atoms with Crippen molar-refractivity contribution < 1.29 is 9.53 Å². The van der Waals surface area contributed by atoms with Crippen molar-refractivity contribution in [3.05, 3.63) is 81.3 Å². The second kappa shape index (κ2) is 23.6. The van der Waals surface area contributed by atoms with Crippen molar-refractivity contribution in [2.45, 2.75) is 120 Å². The molecule has 0 radical (unpaired) electrons. The van der Waals surface area contributed by atoms with Crippen LogP contribution in [0.5, 0.6) is 0 Å². The largest absolute Gasteiger partial charge is 0.378 e. The third-order valence-corrected chi connectivity index (χ3v) is 7.30. The summed E-state index contributed by atoms with van der Waals surface area (Å²) in [7, 11) is 0. The molecule has 5 nitrogen and oxygen atoms in total. The van der Waals surface area contributed by atoms with E-state index < -0.39 is 0 Å². The maximum Gasteiger partial charge on any atom is 0.258 e. The Kier molecular flexibility index (Phi) is 22.1. The Morgan fingerprint density at radius 2 is 1.81 bits per heavy atom. The molecular weight excluding hydrogens is 552 g/mol. The van der Waals surface area contributed by atoms with Crippen LogP contribution in [0.4, 0.5) is 0 Å². The number of carbonyl (C=O) groups is 1. The predicted octanol–water partition coefficient (Wildman–Crippen LogP) is 11.0. The van der Waals surface area contributed by atoms with Gasteiger partial charge in [0.15, 0.2) is 5.78 Å². The molecule has 6 heteroatoms. The van der Waals surface area contributed by atoms with Crippen LogP contribution in [0.15, 0.2) is 64.5 Å². The number of pyridine rings is 1. The van der Waals surface area contributed by atoms with E-state index in [2.05, 4.69) is 73.0 Å². The standard InChI is InChI=1S/C23H26N2O2S.C11H24O.C3H8/c1-6-9-11-19(15(4)10-7-2)18(8-3)21-14-28-23(25-21)20-12-17(16(5)26)13-24-22(20)27;1-5-7-8-12-11(6-2)9-10(3)4;1-3-2/h6,8-9,11-14H,1,7,10H2,2-5H3,(H,24,27);10-11H,5-9H2,1-4H3;3H2,1-2H3/b11-9-,18-8+,19-15-;;. The summed E-state index contributed by atoms with van der Waals surface area (Å²) in [6.07, 6.45) is 17.8. The number of carbonyl (C=O) groups excluding carboxylic acids is 1. The fourth-order valence-electron chi connectivity index (χ4n) is 4.22. The molecule has 0 bridgehead atoms. The number of H-pyrrole nitrogens is 1. The topological polar surface area (TPSA) is 72.0 Å². The molecule has 0 spiro atoms. The number of unbranched alkanes of at least 4 members (excludes halogenated alkanes) is 1. The van der Waals surface area contributed by atoms with E-state index in [1.165, 1.54) is 55.7 Å². The van der Waals surface area contributed by atoms with Crippen LogP contribution in [-0.4, -0.2) is 28.5 Å². The average molecular weight is 611 g/mol. The number of hydrogen-bond acceptors (Lipinski definition) is 5. The predicted molar refractivity (Wildman–Crippen MR) is 189 cm³/mol. The van der Waals surface area contributed by atoms with Gasteiger partial charge in [-0.05, 0) is 64.0 Å². The van der Waals surface area contributed by atoms with E-state index in [1.807, 2.05) is 24.5 Å². The van der Waals surface area contributed by atoms with Gasteiger partial charge in [-0.1, -0.05) is 104 Å². The summed E-state index contributed by atoms with van der Waals surface area (Å²) in [6.45, 7) is 25.6. The monoisotopic (exact) mass is 610 g/mol. The van der Waals surface area contributed by atoms with E-state index in [0.717, 1.165) is 48.6 Å². The van der Waals surface area contributed by atoms with Crippen LogP contribution < -0.4 is 5.56 Å². The van der Waals surface area contributed by atoms with Gasteiger partial charge in [0.05, 0.1) is 17.4 Å². The molecule has 2 rings (SSSR count).